The summed E-state index contributed by atoms with van der Waals surface area (Å²) < 4.78 is 16.4. The van der Waals surface area contributed by atoms with Crippen LogP contribution in [0.25, 0.3) is 0 Å². The van der Waals surface area contributed by atoms with Crippen molar-refractivity contribution < 1.29 is 14.0 Å². The van der Waals surface area contributed by atoms with Gasteiger partial charge in [0.1, 0.15) is 6.61 Å². The highest BCUT2D eigenvalue weighted by atomic mass is 16.5. The zero-order valence-corrected chi connectivity index (χ0v) is 11.1. The van der Waals surface area contributed by atoms with Crippen molar-refractivity contribution in [3.63, 3.8) is 0 Å². The van der Waals surface area contributed by atoms with E-state index >= 15 is 0 Å². The second-order valence-electron chi connectivity index (χ2n) is 5.19. The van der Waals surface area contributed by atoms with Crippen LogP contribution < -0.4 is 5.32 Å². The Balaban J connectivity index is 1.49. The van der Waals surface area contributed by atoms with Gasteiger partial charge in [0.25, 0.3) is 5.89 Å². The van der Waals surface area contributed by atoms with Crippen molar-refractivity contribution in [1.29, 1.82) is 0 Å². The van der Waals surface area contributed by atoms with Crippen molar-refractivity contribution in [3.8, 4) is 0 Å². The molecule has 0 bridgehead atoms. The van der Waals surface area contributed by atoms with E-state index in [-0.39, 0.29) is 0 Å². The molecule has 2 aliphatic rings. The van der Waals surface area contributed by atoms with Crippen LogP contribution in [0.3, 0.4) is 0 Å². The highest BCUT2D eigenvalue weighted by Gasteiger charge is 2.22. The van der Waals surface area contributed by atoms with Crippen molar-refractivity contribution in [3.05, 3.63) is 11.7 Å². The maximum Gasteiger partial charge on any atom is 0.252 e. The molecule has 0 atom stereocenters. The highest BCUT2D eigenvalue weighted by Crippen LogP contribution is 2.24. The minimum absolute atomic E-state index is 0.319. The quantitative estimate of drug-likeness (QED) is 0.885. The summed E-state index contributed by atoms with van der Waals surface area (Å²) in [7, 11) is 0. The molecule has 0 unspecified atom stereocenters. The van der Waals surface area contributed by atoms with Gasteiger partial charge in [-0.05, 0) is 38.8 Å². The lowest BCUT2D eigenvalue weighted by atomic mass is 10.00. The standard InChI is InChI=1S/C13H21N3O3/c1-5-14-6-2-11(1)18-9-12-15-13(16-19-12)10-3-7-17-8-4-10/h10-11,14H,1-9H2. The van der Waals surface area contributed by atoms with Crippen molar-refractivity contribution in [1.82, 2.24) is 15.5 Å². The van der Waals surface area contributed by atoms with Crippen molar-refractivity contribution >= 4 is 0 Å². The van der Waals surface area contributed by atoms with Crippen LogP contribution in [0.2, 0.25) is 0 Å². The molecule has 2 aliphatic heterocycles. The lowest BCUT2D eigenvalue weighted by Gasteiger charge is -2.22. The average molecular weight is 267 g/mol. The molecule has 1 aromatic rings. The molecule has 0 aliphatic carbocycles. The third-order valence-corrected chi connectivity index (χ3v) is 3.80. The fourth-order valence-corrected chi connectivity index (χ4v) is 2.60. The summed E-state index contributed by atoms with van der Waals surface area (Å²) in [5.41, 5.74) is 0. The molecule has 6 nitrogen and oxygen atoms in total. The third-order valence-electron chi connectivity index (χ3n) is 3.80. The Hall–Kier alpha value is -0.980. The molecule has 0 radical (unpaired) electrons. The van der Waals surface area contributed by atoms with Gasteiger partial charge in [0, 0.05) is 19.1 Å². The van der Waals surface area contributed by atoms with Crippen LogP contribution in [-0.2, 0) is 16.1 Å². The van der Waals surface area contributed by atoms with Crippen LogP contribution in [0.1, 0.15) is 43.3 Å². The Bertz CT molecular complexity index is 384. The first-order chi connectivity index (χ1) is 9.42. The van der Waals surface area contributed by atoms with Crippen LogP contribution >= 0.6 is 0 Å². The van der Waals surface area contributed by atoms with E-state index in [0.717, 1.165) is 57.8 Å². The second-order valence-corrected chi connectivity index (χ2v) is 5.19. The number of nitrogens with zero attached hydrogens (tertiary/aromatic N) is 2. The first-order valence-electron chi connectivity index (χ1n) is 7.14. The van der Waals surface area contributed by atoms with E-state index in [4.69, 9.17) is 14.0 Å². The summed E-state index contributed by atoms with van der Waals surface area (Å²) in [5, 5.41) is 7.39. The number of ether oxygens (including phenoxy) is 2. The van der Waals surface area contributed by atoms with E-state index in [1.165, 1.54) is 0 Å². The Labute approximate surface area is 112 Å². The van der Waals surface area contributed by atoms with Gasteiger partial charge in [0.2, 0.25) is 0 Å². The number of rotatable bonds is 4. The van der Waals surface area contributed by atoms with Crippen LogP contribution in [0, 0.1) is 0 Å². The molecule has 1 N–H and O–H groups in total. The van der Waals surface area contributed by atoms with Gasteiger partial charge in [0.15, 0.2) is 5.82 Å². The zero-order chi connectivity index (χ0) is 12.9. The minimum Gasteiger partial charge on any atom is -0.381 e. The minimum atomic E-state index is 0.319. The predicted molar refractivity (Wildman–Crippen MR) is 67.8 cm³/mol. The van der Waals surface area contributed by atoms with Gasteiger partial charge >= 0.3 is 0 Å². The zero-order valence-electron chi connectivity index (χ0n) is 11.1. The summed E-state index contributed by atoms with van der Waals surface area (Å²) in [5.74, 6) is 1.79. The van der Waals surface area contributed by atoms with Crippen molar-refractivity contribution in [2.45, 2.75) is 44.3 Å². The molecule has 3 rings (SSSR count). The largest absolute Gasteiger partial charge is 0.381 e. The lowest BCUT2D eigenvalue weighted by molar-refractivity contribution is 0.00859. The van der Waals surface area contributed by atoms with Crippen molar-refractivity contribution in [2.24, 2.45) is 0 Å². The monoisotopic (exact) mass is 267 g/mol. The van der Waals surface area contributed by atoms with Gasteiger partial charge in [-0.1, -0.05) is 5.16 Å². The molecule has 2 saturated heterocycles. The molecule has 0 aromatic carbocycles. The summed E-state index contributed by atoms with van der Waals surface area (Å²) in [6, 6.07) is 0. The summed E-state index contributed by atoms with van der Waals surface area (Å²) >= 11 is 0. The van der Waals surface area contributed by atoms with Gasteiger partial charge in [-0.25, -0.2) is 0 Å². The number of hydrogen-bond donors (Lipinski definition) is 1. The fraction of sp³-hybridized carbons (Fsp3) is 0.846. The van der Waals surface area contributed by atoms with Gasteiger partial charge in [0.05, 0.1) is 6.10 Å². The van der Waals surface area contributed by atoms with E-state index in [1.807, 2.05) is 0 Å². The fourth-order valence-electron chi connectivity index (χ4n) is 2.60. The molecule has 106 valence electrons. The van der Waals surface area contributed by atoms with Gasteiger partial charge in [-0.3, -0.25) is 0 Å². The molecule has 6 heteroatoms. The maximum absolute atomic E-state index is 5.81. The van der Waals surface area contributed by atoms with E-state index < -0.39 is 0 Å². The Morgan fingerprint density at radius 3 is 2.74 bits per heavy atom. The molecule has 0 saturated carbocycles. The first-order valence-corrected chi connectivity index (χ1v) is 7.14. The number of aromatic nitrogens is 2. The summed E-state index contributed by atoms with van der Waals surface area (Å²) in [4.78, 5) is 4.44. The molecule has 19 heavy (non-hydrogen) atoms. The maximum atomic E-state index is 5.81. The first kappa shape index (κ1) is 13.0. The molecule has 0 spiro atoms. The van der Waals surface area contributed by atoms with Crippen LogP contribution in [0.5, 0.6) is 0 Å². The molecular formula is C13H21N3O3. The van der Waals surface area contributed by atoms with Crippen molar-refractivity contribution in [2.75, 3.05) is 26.3 Å². The Morgan fingerprint density at radius 2 is 1.95 bits per heavy atom. The van der Waals surface area contributed by atoms with Gasteiger partial charge in [-0.15, -0.1) is 0 Å². The topological polar surface area (TPSA) is 69.4 Å². The van der Waals surface area contributed by atoms with E-state index in [9.17, 15) is 0 Å². The Kier molecular flexibility index (Phi) is 4.42. The molecular weight excluding hydrogens is 246 g/mol. The Morgan fingerprint density at radius 1 is 1.16 bits per heavy atom. The predicted octanol–water partition coefficient (Wildman–Crippen LogP) is 1.23. The molecule has 0 amide bonds. The summed E-state index contributed by atoms with van der Waals surface area (Å²) in [6.07, 6.45) is 4.39. The third kappa shape index (κ3) is 3.52. The average Bonchev–Trinajstić information content (AvgIpc) is 2.96. The smallest absolute Gasteiger partial charge is 0.252 e. The van der Waals surface area contributed by atoms with Crippen LogP contribution in [-0.4, -0.2) is 42.5 Å². The lowest BCUT2D eigenvalue weighted by Crippen LogP contribution is -2.32. The van der Waals surface area contributed by atoms with E-state index in [2.05, 4.69) is 15.5 Å². The van der Waals surface area contributed by atoms with Crippen LogP contribution in [0.4, 0.5) is 0 Å². The number of nitrogens with one attached hydrogen (secondary N) is 1. The second kappa shape index (κ2) is 6.45. The normalized spacial score (nSPS) is 22.7. The molecule has 2 fully saturated rings. The molecule has 1 aromatic heterocycles. The molecule has 3 heterocycles. The van der Waals surface area contributed by atoms with E-state index in [0.29, 0.717) is 24.5 Å². The number of hydrogen-bond acceptors (Lipinski definition) is 6. The SMILES string of the molecule is C1CC(OCc2nc(C3CCOCC3)no2)CCN1. The van der Waals surface area contributed by atoms with Gasteiger partial charge in [-0.2, -0.15) is 4.98 Å². The highest BCUT2D eigenvalue weighted by molar-refractivity contribution is 4.96. The van der Waals surface area contributed by atoms with Crippen LogP contribution in [0.15, 0.2) is 4.52 Å². The van der Waals surface area contributed by atoms with Gasteiger partial charge < -0.3 is 19.3 Å². The summed E-state index contributed by atoms with van der Waals surface area (Å²) in [6.45, 7) is 4.07. The van der Waals surface area contributed by atoms with E-state index in [1.54, 1.807) is 0 Å². The number of piperidine rings is 1.